The van der Waals surface area contributed by atoms with Gasteiger partial charge < -0.3 is 9.84 Å². The first-order valence-electron chi connectivity index (χ1n) is 7.52. The first-order chi connectivity index (χ1) is 10.5. The molecule has 1 aromatic heterocycles. The highest BCUT2D eigenvalue weighted by atomic mass is 16.5. The van der Waals surface area contributed by atoms with E-state index in [1.807, 2.05) is 13.0 Å². The van der Waals surface area contributed by atoms with Crippen LogP contribution in [0.2, 0.25) is 0 Å². The highest BCUT2D eigenvalue weighted by molar-refractivity contribution is 5.84. The van der Waals surface area contributed by atoms with Crippen molar-refractivity contribution in [1.82, 2.24) is 4.57 Å². The molecular formula is C17H21NO4. The molecule has 2 aromatic rings. The van der Waals surface area contributed by atoms with Gasteiger partial charge in [-0.1, -0.05) is 13.8 Å². The minimum Gasteiger partial charge on any atom is -0.494 e. The van der Waals surface area contributed by atoms with E-state index in [2.05, 4.69) is 0 Å². The van der Waals surface area contributed by atoms with Crippen LogP contribution in [0.4, 0.5) is 0 Å². The number of carboxylic acids is 1. The maximum absolute atomic E-state index is 12.4. The summed E-state index contributed by atoms with van der Waals surface area (Å²) in [6.45, 7) is 6.03. The summed E-state index contributed by atoms with van der Waals surface area (Å²) in [6.07, 6.45) is 0.677. The predicted molar refractivity (Wildman–Crippen MR) is 85.6 cm³/mol. The molecule has 0 spiro atoms. The van der Waals surface area contributed by atoms with E-state index in [4.69, 9.17) is 4.74 Å². The van der Waals surface area contributed by atoms with Crippen molar-refractivity contribution in [2.24, 2.45) is 0 Å². The molecule has 0 radical (unpaired) electrons. The second kappa shape index (κ2) is 6.22. The van der Waals surface area contributed by atoms with Gasteiger partial charge in [0.15, 0.2) is 0 Å². The Kier molecular flexibility index (Phi) is 4.54. The fourth-order valence-corrected chi connectivity index (χ4v) is 2.89. The highest BCUT2D eigenvalue weighted by Crippen LogP contribution is 2.29. The summed E-state index contributed by atoms with van der Waals surface area (Å²) >= 11 is 0. The van der Waals surface area contributed by atoms with Crippen LogP contribution in [0.15, 0.2) is 35.1 Å². The molecule has 0 saturated heterocycles. The predicted octanol–water partition coefficient (Wildman–Crippen LogP) is 3.00. The number of carboxylic acid groups (broad SMARTS) is 1. The Morgan fingerprint density at radius 1 is 1.18 bits per heavy atom. The SMILES string of the molecule is CCOc1ccc2c(ccc(=O)n2C(CC)(CC)C(=O)O)c1. The molecule has 0 atom stereocenters. The third-order valence-electron chi connectivity index (χ3n) is 4.17. The van der Waals surface area contributed by atoms with Crippen LogP contribution < -0.4 is 10.3 Å². The van der Waals surface area contributed by atoms with Crippen molar-refractivity contribution in [1.29, 1.82) is 0 Å². The molecule has 1 heterocycles. The quantitative estimate of drug-likeness (QED) is 0.890. The lowest BCUT2D eigenvalue weighted by Gasteiger charge is -2.30. The third-order valence-corrected chi connectivity index (χ3v) is 4.17. The first kappa shape index (κ1) is 16.1. The average molecular weight is 303 g/mol. The fraction of sp³-hybridized carbons (Fsp3) is 0.412. The smallest absolute Gasteiger partial charge is 0.329 e. The van der Waals surface area contributed by atoms with Crippen LogP contribution in [0.5, 0.6) is 5.75 Å². The number of benzene rings is 1. The molecule has 0 fully saturated rings. The lowest BCUT2D eigenvalue weighted by molar-refractivity contribution is -0.148. The van der Waals surface area contributed by atoms with E-state index in [1.165, 1.54) is 10.6 Å². The van der Waals surface area contributed by atoms with E-state index in [-0.39, 0.29) is 5.56 Å². The number of aliphatic carboxylic acids is 1. The Balaban J connectivity index is 2.79. The summed E-state index contributed by atoms with van der Waals surface area (Å²) < 4.78 is 6.87. The molecule has 0 bridgehead atoms. The van der Waals surface area contributed by atoms with Gasteiger partial charge in [-0.15, -0.1) is 0 Å². The molecule has 0 aliphatic rings. The van der Waals surface area contributed by atoms with Crippen LogP contribution >= 0.6 is 0 Å². The van der Waals surface area contributed by atoms with Crippen LogP contribution in [0.25, 0.3) is 10.9 Å². The summed E-state index contributed by atoms with van der Waals surface area (Å²) in [5.41, 5.74) is -0.922. The minimum atomic E-state index is -1.23. The standard InChI is InChI=1S/C17H21NO4/c1-4-17(5-2,16(20)21)18-14-9-8-13(22-6-3)11-12(14)7-10-15(18)19/h7-11H,4-6H2,1-3H3,(H,20,21). The molecule has 22 heavy (non-hydrogen) atoms. The Hall–Kier alpha value is -2.30. The maximum atomic E-state index is 12.4. The molecule has 5 heteroatoms. The molecule has 1 N–H and O–H groups in total. The van der Waals surface area contributed by atoms with E-state index in [1.54, 1.807) is 32.0 Å². The van der Waals surface area contributed by atoms with Crippen LogP contribution in [-0.4, -0.2) is 22.2 Å². The second-order valence-electron chi connectivity index (χ2n) is 5.20. The summed E-state index contributed by atoms with van der Waals surface area (Å²) in [4.78, 5) is 24.2. The summed E-state index contributed by atoms with van der Waals surface area (Å²) in [6, 6.07) is 8.47. The van der Waals surface area contributed by atoms with Gasteiger partial charge in [0, 0.05) is 11.5 Å². The maximum Gasteiger partial charge on any atom is 0.329 e. The van der Waals surface area contributed by atoms with E-state index < -0.39 is 11.5 Å². The number of pyridine rings is 1. The monoisotopic (exact) mass is 303 g/mol. The molecule has 0 saturated carbocycles. The van der Waals surface area contributed by atoms with Crippen molar-refractivity contribution in [3.63, 3.8) is 0 Å². The highest BCUT2D eigenvalue weighted by Gasteiger charge is 2.38. The van der Waals surface area contributed by atoms with Crippen molar-refractivity contribution in [2.75, 3.05) is 6.61 Å². The van der Waals surface area contributed by atoms with Gasteiger partial charge in [-0.05, 0) is 44.0 Å². The van der Waals surface area contributed by atoms with Crippen LogP contribution in [0, 0.1) is 0 Å². The Bertz CT molecular complexity index is 744. The number of rotatable bonds is 6. The minimum absolute atomic E-state index is 0.303. The lowest BCUT2D eigenvalue weighted by Crippen LogP contribution is -2.46. The zero-order valence-corrected chi connectivity index (χ0v) is 13.1. The van der Waals surface area contributed by atoms with Crippen molar-refractivity contribution < 1.29 is 14.6 Å². The normalized spacial score (nSPS) is 11.6. The van der Waals surface area contributed by atoms with Crippen molar-refractivity contribution >= 4 is 16.9 Å². The van der Waals surface area contributed by atoms with Gasteiger partial charge in [-0.2, -0.15) is 0 Å². The zero-order chi connectivity index (χ0) is 16.3. The van der Waals surface area contributed by atoms with E-state index >= 15 is 0 Å². The number of fused-ring (bicyclic) bond motifs is 1. The van der Waals surface area contributed by atoms with Gasteiger partial charge in [0.2, 0.25) is 0 Å². The van der Waals surface area contributed by atoms with Gasteiger partial charge in [-0.3, -0.25) is 9.36 Å². The first-order valence-corrected chi connectivity index (χ1v) is 7.52. The zero-order valence-electron chi connectivity index (χ0n) is 13.1. The molecule has 0 aliphatic heterocycles. The largest absolute Gasteiger partial charge is 0.494 e. The van der Waals surface area contributed by atoms with E-state index in [0.29, 0.717) is 30.7 Å². The van der Waals surface area contributed by atoms with Gasteiger partial charge in [0.05, 0.1) is 12.1 Å². The molecule has 118 valence electrons. The lowest BCUT2D eigenvalue weighted by atomic mass is 9.91. The topological polar surface area (TPSA) is 68.5 Å². The van der Waals surface area contributed by atoms with Crippen molar-refractivity contribution in [3.8, 4) is 5.75 Å². The summed E-state index contributed by atoms with van der Waals surface area (Å²) in [7, 11) is 0. The number of ether oxygens (including phenoxy) is 1. The number of carbonyl (C=O) groups is 1. The van der Waals surface area contributed by atoms with Gasteiger partial charge in [0.25, 0.3) is 5.56 Å². The Morgan fingerprint density at radius 2 is 1.86 bits per heavy atom. The van der Waals surface area contributed by atoms with Gasteiger partial charge in [0.1, 0.15) is 11.3 Å². The average Bonchev–Trinajstić information content (AvgIpc) is 2.51. The molecule has 0 aliphatic carbocycles. The third kappa shape index (κ3) is 2.47. The van der Waals surface area contributed by atoms with E-state index in [9.17, 15) is 14.7 Å². The number of hydrogen-bond donors (Lipinski definition) is 1. The molecular weight excluding hydrogens is 282 g/mol. The second-order valence-corrected chi connectivity index (χ2v) is 5.20. The molecule has 2 rings (SSSR count). The Labute approximate surface area is 129 Å². The summed E-state index contributed by atoms with van der Waals surface area (Å²) in [5.74, 6) is -0.282. The van der Waals surface area contributed by atoms with Gasteiger partial charge in [-0.25, -0.2) is 4.79 Å². The molecule has 1 aromatic carbocycles. The van der Waals surface area contributed by atoms with E-state index in [0.717, 1.165) is 5.39 Å². The molecule has 0 unspecified atom stereocenters. The number of aromatic nitrogens is 1. The Morgan fingerprint density at radius 3 is 2.41 bits per heavy atom. The van der Waals surface area contributed by atoms with Crippen LogP contribution in [-0.2, 0) is 10.3 Å². The number of nitrogens with zero attached hydrogens (tertiary/aromatic N) is 1. The van der Waals surface area contributed by atoms with Crippen molar-refractivity contribution in [2.45, 2.75) is 39.2 Å². The summed E-state index contributed by atoms with van der Waals surface area (Å²) in [5, 5.41) is 10.5. The van der Waals surface area contributed by atoms with Gasteiger partial charge >= 0.3 is 5.97 Å². The van der Waals surface area contributed by atoms with Crippen LogP contribution in [0.3, 0.4) is 0 Å². The fourth-order valence-electron chi connectivity index (χ4n) is 2.89. The number of hydrogen-bond acceptors (Lipinski definition) is 3. The molecule has 5 nitrogen and oxygen atoms in total. The van der Waals surface area contributed by atoms with Crippen LogP contribution in [0.1, 0.15) is 33.6 Å². The molecule has 0 amide bonds. The van der Waals surface area contributed by atoms with Crippen molar-refractivity contribution in [3.05, 3.63) is 40.7 Å².